The summed E-state index contributed by atoms with van der Waals surface area (Å²) in [6, 6.07) is 0. The molecule has 0 bridgehead atoms. The van der Waals surface area contributed by atoms with Gasteiger partial charge in [-0.1, -0.05) is 0 Å². The molecule has 0 aromatic carbocycles. The second-order valence-corrected chi connectivity index (χ2v) is 3.51. The van der Waals surface area contributed by atoms with Crippen LogP contribution in [0.5, 0.6) is 0 Å². The lowest BCUT2D eigenvalue weighted by atomic mass is 10.1. The van der Waals surface area contributed by atoms with Crippen LogP contribution in [0.4, 0.5) is 0 Å². The van der Waals surface area contributed by atoms with Crippen molar-refractivity contribution in [1.29, 1.82) is 0 Å². The second-order valence-electron chi connectivity index (χ2n) is 3.51. The average molecular weight is 188 g/mol. The van der Waals surface area contributed by atoms with Gasteiger partial charge in [-0.05, 0) is 6.92 Å². The van der Waals surface area contributed by atoms with E-state index in [9.17, 15) is 0 Å². The van der Waals surface area contributed by atoms with Crippen LogP contribution >= 0.6 is 0 Å². The molecule has 3 fully saturated rings. The van der Waals surface area contributed by atoms with Crippen molar-refractivity contribution in [2.75, 3.05) is 13.6 Å². The number of rotatable bonds is 0. The Morgan fingerprint density at radius 3 is 2.54 bits per heavy atom. The standard InChI is InChI=1S/C8H12O5/c1-4-5-6(10-2-9-4)7-8(13-5)12-3-11-7/h4-8H,2-3H2,1H3. The zero-order valence-electron chi connectivity index (χ0n) is 7.34. The highest BCUT2D eigenvalue weighted by Crippen LogP contribution is 2.35. The fraction of sp³-hybridized carbons (Fsp3) is 1.00. The van der Waals surface area contributed by atoms with E-state index in [1.54, 1.807) is 0 Å². The quantitative estimate of drug-likeness (QED) is 0.529. The van der Waals surface area contributed by atoms with Crippen LogP contribution in [0.2, 0.25) is 0 Å². The Morgan fingerprint density at radius 1 is 0.846 bits per heavy atom. The molecule has 0 N–H and O–H groups in total. The fourth-order valence-electron chi connectivity index (χ4n) is 2.03. The van der Waals surface area contributed by atoms with Crippen LogP contribution in [0.15, 0.2) is 0 Å². The summed E-state index contributed by atoms with van der Waals surface area (Å²) in [7, 11) is 0. The summed E-state index contributed by atoms with van der Waals surface area (Å²) in [4.78, 5) is 0. The van der Waals surface area contributed by atoms with Crippen LogP contribution in [-0.2, 0) is 23.7 Å². The third kappa shape index (κ3) is 1.12. The maximum atomic E-state index is 5.60. The Balaban J connectivity index is 1.81. The van der Waals surface area contributed by atoms with Crippen LogP contribution in [0, 0.1) is 0 Å². The molecular formula is C8H12O5. The largest absolute Gasteiger partial charge is 0.350 e. The number of hydrogen-bond donors (Lipinski definition) is 0. The molecule has 74 valence electrons. The minimum atomic E-state index is -0.265. The summed E-state index contributed by atoms with van der Waals surface area (Å²) in [5.41, 5.74) is 0. The summed E-state index contributed by atoms with van der Waals surface area (Å²) in [5.74, 6) is 0. The van der Waals surface area contributed by atoms with Gasteiger partial charge >= 0.3 is 0 Å². The molecule has 5 unspecified atom stereocenters. The third-order valence-electron chi connectivity index (χ3n) is 2.75. The molecule has 3 rings (SSSR count). The van der Waals surface area contributed by atoms with E-state index in [-0.39, 0.29) is 30.7 Å². The minimum absolute atomic E-state index is 0.0313. The summed E-state index contributed by atoms with van der Waals surface area (Å²) in [5, 5.41) is 0. The van der Waals surface area contributed by atoms with E-state index in [0.717, 1.165) is 0 Å². The highest BCUT2D eigenvalue weighted by Gasteiger charge is 2.53. The number of hydrogen-bond acceptors (Lipinski definition) is 5. The Morgan fingerprint density at radius 2 is 1.62 bits per heavy atom. The molecule has 3 saturated heterocycles. The lowest BCUT2D eigenvalue weighted by Gasteiger charge is -2.31. The van der Waals surface area contributed by atoms with E-state index in [1.807, 2.05) is 6.92 Å². The van der Waals surface area contributed by atoms with E-state index in [2.05, 4.69) is 0 Å². The van der Waals surface area contributed by atoms with Gasteiger partial charge in [0.05, 0.1) is 6.10 Å². The first-order chi connectivity index (χ1) is 6.36. The zero-order valence-corrected chi connectivity index (χ0v) is 7.34. The molecule has 0 aliphatic carbocycles. The van der Waals surface area contributed by atoms with E-state index >= 15 is 0 Å². The molecule has 0 saturated carbocycles. The van der Waals surface area contributed by atoms with E-state index in [4.69, 9.17) is 23.7 Å². The van der Waals surface area contributed by atoms with Gasteiger partial charge in [-0.3, -0.25) is 0 Å². The number of ether oxygens (including phenoxy) is 5. The van der Waals surface area contributed by atoms with E-state index < -0.39 is 0 Å². The smallest absolute Gasteiger partial charge is 0.189 e. The molecule has 5 heteroatoms. The molecule has 0 radical (unpaired) electrons. The van der Waals surface area contributed by atoms with Crippen LogP contribution in [0.1, 0.15) is 6.92 Å². The maximum absolute atomic E-state index is 5.60. The highest BCUT2D eigenvalue weighted by molar-refractivity contribution is 4.94. The van der Waals surface area contributed by atoms with Crippen molar-refractivity contribution >= 4 is 0 Å². The summed E-state index contributed by atoms with van der Waals surface area (Å²) >= 11 is 0. The monoisotopic (exact) mass is 188 g/mol. The minimum Gasteiger partial charge on any atom is -0.350 e. The summed E-state index contributed by atoms with van der Waals surface area (Å²) < 4.78 is 26.9. The van der Waals surface area contributed by atoms with Gasteiger partial charge < -0.3 is 23.7 Å². The first-order valence-corrected chi connectivity index (χ1v) is 4.48. The Labute approximate surface area is 75.8 Å². The van der Waals surface area contributed by atoms with Gasteiger partial charge in [-0.15, -0.1) is 0 Å². The molecule has 3 aliphatic rings. The van der Waals surface area contributed by atoms with Crippen LogP contribution in [0.3, 0.4) is 0 Å². The third-order valence-corrected chi connectivity index (χ3v) is 2.75. The molecule has 5 nitrogen and oxygen atoms in total. The zero-order chi connectivity index (χ0) is 8.84. The molecule has 3 aliphatic heterocycles. The van der Waals surface area contributed by atoms with Gasteiger partial charge in [0.2, 0.25) is 0 Å². The Bertz CT molecular complexity index is 209. The van der Waals surface area contributed by atoms with Gasteiger partial charge in [0.1, 0.15) is 25.1 Å². The predicted molar refractivity (Wildman–Crippen MR) is 39.8 cm³/mol. The first-order valence-electron chi connectivity index (χ1n) is 4.48. The molecule has 13 heavy (non-hydrogen) atoms. The molecule has 0 spiro atoms. The average Bonchev–Trinajstić information content (AvgIpc) is 2.65. The number of fused-ring (bicyclic) bond motifs is 3. The van der Waals surface area contributed by atoms with Crippen molar-refractivity contribution in [2.24, 2.45) is 0 Å². The van der Waals surface area contributed by atoms with Crippen molar-refractivity contribution in [3.8, 4) is 0 Å². The van der Waals surface area contributed by atoms with E-state index in [1.165, 1.54) is 0 Å². The first kappa shape index (κ1) is 8.14. The van der Waals surface area contributed by atoms with Crippen LogP contribution in [0.25, 0.3) is 0 Å². The highest BCUT2D eigenvalue weighted by atomic mass is 16.8. The molecule has 0 amide bonds. The SMILES string of the molecule is CC1OCOC2C1OC1OCOC12. The van der Waals surface area contributed by atoms with Gasteiger partial charge in [-0.25, -0.2) is 0 Å². The second kappa shape index (κ2) is 2.90. The lowest BCUT2D eigenvalue weighted by Crippen LogP contribution is -2.46. The van der Waals surface area contributed by atoms with Crippen molar-refractivity contribution in [1.82, 2.24) is 0 Å². The van der Waals surface area contributed by atoms with Crippen molar-refractivity contribution in [3.05, 3.63) is 0 Å². The van der Waals surface area contributed by atoms with Gasteiger partial charge in [0, 0.05) is 0 Å². The van der Waals surface area contributed by atoms with Crippen molar-refractivity contribution in [3.63, 3.8) is 0 Å². The van der Waals surface area contributed by atoms with E-state index in [0.29, 0.717) is 13.6 Å². The Kier molecular flexibility index (Phi) is 1.81. The van der Waals surface area contributed by atoms with Gasteiger partial charge in [0.15, 0.2) is 13.1 Å². The van der Waals surface area contributed by atoms with Crippen LogP contribution in [-0.4, -0.2) is 44.3 Å². The summed E-state index contributed by atoms with van der Waals surface area (Å²) in [6.07, 6.45) is -0.368. The van der Waals surface area contributed by atoms with Gasteiger partial charge in [0.25, 0.3) is 0 Å². The fourth-order valence-corrected chi connectivity index (χ4v) is 2.03. The van der Waals surface area contributed by atoms with Crippen molar-refractivity contribution in [2.45, 2.75) is 37.6 Å². The van der Waals surface area contributed by atoms with Gasteiger partial charge in [-0.2, -0.15) is 0 Å². The molecular weight excluding hydrogens is 176 g/mol. The Hall–Kier alpha value is -0.200. The summed E-state index contributed by atoms with van der Waals surface area (Å²) in [6.45, 7) is 2.59. The normalized spacial score (nSPS) is 54.7. The molecule has 0 aromatic rings. The topological polar surface area (TPSA) is 46.2 Å². The van der Waals surface area contributed by atoms with Crippen LogP contribution < -0.4 is 0 Å². The lowest BCUT2D eigenvalue weighted by molar-refractivity contribution is -0.240. The molecule has 0 aromatic heterocycles. The van der Waals surface area contributed by atoms with Crippen molar-refractivity contribution < 1.29 is 23.7 Å². The predicted octanol–water partition coefficient (Wildman–Crippen LogP) is -0.154. The molecule has 5 atom stereocenters. The molecule has 3 heterocycles. The maximum Gasteiger partial charge on any atom is 0.189 e.